The highest BCUT2D eigenvalue weighted by atomic mass is 19.2. The fourth-order valence-electron chi connectivity index (χ4n) is 2.65. The maximum absolute atomic E-state index is 14.0. The molecule has 0 bridgehead atoms. The van der Waals surface area contributed by atoms with Gasteiger partial charge in [-0.1, -0.05) is 13.8 Å². The van der Waals surface area contributed by atoms with Crippen molar-refractivity contribution in [1.29, 1.82) is 0 Å². The van der Waals surface area contributed by atoms with Gasteiger partial charge in [0.25, 0.3) is 0 Å². The second-order valence-electron chi connectivity index (χ2n) is 5.70. The highest BCUT2D eigenvalue weighted by molar-refractivity contribution is 5.50. The van der Waals surface area contributed by atoms with Crippen molar-refractivity contribution in [1.82, 2.24) is 5.32 Å². The number of nitrogens with zero attached hydrogens (tertiary/aromatic N) is 1. The molecule has 0 aromatic heterocycles. The second kappa shape index (κ2) is 5.64. The van der Waals surface area contributed by atoms with E-state index in [-0.39, 0.29) is 17.3 Å². The van der Waals surface area contributed by atoms with Crippen molar-refractivity contribution in [2.24, 2.45) is 0 Å². The van der Waals surface area contributed by atoms with E-state index >= 15 is 0 Å². The minimum atomic E-state index is -1.15. The highest BCUT2D eigenvalue weighted by Gasteiger charge is 2.35. The number of anilines is 1. The number of rotatable bonds is 3. The van der Waals surface area contributed by atoms with Crippen molar-refractivity contribution in [3.05, 3.63) is 29.6 Å². The summed E-state index contributed by atoms with van der Waals surface area (Å²) in [4.78, 5) is 1.86. The first-order valence-corrected chi connectivity index (χ1v) is 7.06. The van der Waals surface area contributed by atoms with Crippen molar-refractivity contribution in [3.8, 4) is 0 Å². The highest BCUT2D eigenvalue weighted by Crippen LogP contribution is 2.30. The molecule has 5 heteroatoms. The van der Waals surface area contributed by atoms with Gasteiger partial charge in [0, 0.05) is 36.8 Å². The molecule has 2 unspecified atom stereocenters. The van der Waals surface area contributed by atoms with Crippen molar-refractivity contribution in [2.75, 3.05) is 18.0 Å². The van der Waals surface area contributed by atoms with Crippen LogP contribution in [0, 0.1) is 17.5 Å². The van der Waals surface area contributed by atoms with Crippen LogP contribution in [-0.4, -0.2) is 24.7 Å². The minimum absolute atomic E-state index is 0.0778. The molecule has 0 spiro atoms. The van der Waals surface area contributed by atoms with Gasteiger partial charge in [0.05, 0.1) is 5.69 Å². The smallest absolute Gasteiger partial charge is 0.161 e. The fourth-order valence-corrected chi connectivity index (χ4v) is 2.65. The number of nitrogens with one attached hydrogen (secondary N) is 1. The van der Waals surface area contributed by atoms with E-state index in [1.165, 1.54) is 0 Å². The third-order valence-corrected chi connectivity index (χ3v) is 4.28. The first-order chi connectivity index (χ1) is 9.40. The molecule has 2 atom stereocenters. The molecule has 0 radical (unpaired) electrons. The van der Waals surface area contributed by atoms with E-state index in [1.54, 1.807) is 0 Å². The molecule has 0 amide bonds. The Morgan fingerprint density at radius 1 is 1.20 bits per heavy atom. The molecular formula is C15H21F3N2. The van der Waals surface area contributed by atoms with Gasteiger partial charge in [0.15, 0.2) is 11.6 Å². The Morgan fingerprint density at radius 2 is 1.85 bits per heavy atom. The first kappa shape index (κ1) is 15.2. The standard InChI is InChI=1S/C15H21F3N2/c1-4-10-8-19-15(3,5-2)9-20(10)14-7-12(17)11(16)6-13(14)18/h6-7,10,19H,4-5,8-9H2,1-3H3. The average Bonchev–Trinajstić information content (AvgIpc) is 2.43. The summed E-state index contributed by atoms with van der Waals surface area (Å²) >= 11 is 0. The predicted octanol–water partition coefficient (Wildman–Crippen LogP) is 3.46. The minimum Gasteiger partial charge on any atom is -0.363 e. The number of hydrogen-bond acceptors (Lipinski definition) is 2. The Bertz CT molecular complexity index is 492. The lowest BCUT2D eigenvalue weighted by Gasteiger charge is -2.47. The first-order valence-electron chi connectivity index (χ1n) is 7.06. The molecule has 1 aliphatic heterocycles. The van der Waals surface area contributed by atoms with Crippen molar-refractivity contribution >= 4 is 5.69 Å². The summed E-state index contributed by atoms with van der Waals surface area (Å²) in [5.41, 5.74) is 0.000101. The van der Waals surface area contributed by atoms with Gasteiger partial charge < -0.3 is 10.2 Å². The normalized spacial score (nSPS) is 26.9. The van der Waals surface area contributed by atoms with Crippen LogP contribution >= 0.6 is 0 Å². The molecule has 1 saturated heterocycles. The van der Waals surface area contributed by atoms with Crippen LogP contribution in [-0.2, 0) is 0 Å². The van der Waals surface area contributed by atoms with Gasteiger partial charge in [-0.2, -0.15) is 0 Å². The molecule has 1 aromatic carbocycles. The number of hydrogen-bond donors (Lipinski definition) is 1. The summed E-state index contributed by atoms with van der Waals surface area (Å²) in [7, 11) is 0. The fraction of sp³-hybridized carbons (Fsp3) is 0.600. The third kappa shape index (κ3) is 2.77. The van der Waals surface area contributed by atoms with Crippen molar-refractivity contribution < 1.29 is 13.2 Å². The van der Waals surface area contributed by atoms with E-state index in [9.17, 15) is 13.2 Å². The molecule has 0 saturated carbocycles. The van der Waals surface area contributed by atoms with E-state index in [1.807, 2.05) is 11.8 Å². The largest absolute Gasteiger partial charge is 0.363 e. The van der Waals surface area contributed by atoms with Crippen LogP contribution < -0.4 is 10.2 Å². The summed E-state index contributed by atoms with van der Waals surface area (Å²) in [6, 6.07) is 1.67. The van der Waals surface area contributed by atoms with Crippen LogP contribution in [0.2, 0.25) is 0 Å². The van der Waals surface area contributed by atoms with Crippen LogP contribution in [0.5, 0.6) is 0 Å². The summed E-state index contributed by atoms with van der Waals surface area (Å²) < 4.78 is 40.5. The predicted molar refractivity (Wildman–Crippen MR) is 74.4 cm³/mol. The molecule has 1 heterocycles. The topological polar surface area (TPSA) is 15.3 Å². The lowest BCUT2D eigenvalue weighted by molar-refractivity contribution is 0.274. The van der Waals surface area contributed by atoms with Gasteiger partial charge >= 0.3 is 0 Å². The molecule has 1 fully saturated rings. The quantitative estimate of drug-likeness (QED) is 0.856. The molecule has 2 rings (SSSR count). The second-order valence-corrected chi connectivity index (χ2v) is 5.70. The van der Waals surface area contributed by atoms with Gasteiger partial charge in [0.1, 0.15) is 5.82 Å². The molecule has 1 aromatic rings. The lowest BCUT2D eigenvalue weighted by atomic mass is 9.92. The van der Waals surface area contributed by atoms with Gasteiger partial charge in [-0.3, -0.25) is 0 Å². The van der Waals surface area contributed by atoms with E-state index < -0.39 is 17.5 Å². The zero-order chi connectivity index (χ0) is 14.9. The van der Waals surface area contributed by atoms with Gasteiger partial charge in [-0.25, -0.2) is 13.2 Å². The van der Waals surface area contributed by atoms with Gasteiger partial charge in [0.2, 0.25) is 0 Å². The van der Waals surface area contributed by atoms with E-state index in [4.69, 9.17) is 0 Å². The number of halogens is 3. The summed E-state index contributed by atoms with van der Waals surface area (Å²) in [6.45, 7) is 7.40. The van der Waals surface area contributed by atoms with Crippen LogP contribution in [0.4, 0.5) is 18.9 Å². The van der Waals surface area contributed by atoms with Crippen LogP contribution in [0.15, 0.2) is 12.1 Å². The van der Waals surface area contributed by atoms with Crippen LogP contribution in [0.3, 0.4) is 0 Å². The van der Waals surface area contributed by atoms with Gasteiger partial charge in [-0.05, 0) is 19.8 Å². The Labute approximate surface area is 118 Å². The summed E-state index contributed by atoms with van der Waals surface area (Å²) in [6.07, 6.45) is 1.69. The zero-order valence-corrected chi connectivity index (χ0v) is 12.1. The number of benzene rings is 1. The maximum Gasteiger partial charge on any atom is 0.161 e. The number of piperazine rings is 1. The molecule has 0 aliphatic carbocycles. The summed E-state index contributed by atoms with van der Waals surface area (Å²) in [5.74, 6) is -2.86. The van der Waals surface area contributed by atoms with E-state index in [0.29, 0.717) is 19.2 Å². The zero-order valence-electron chi connectivity index (χ0n) is 12.1. The van der Waals surface area contributed by atoms with Crippen LogP contribution in [0.25, 0.3) is 0 Å². The molecular weight excluding hydrogens is 265 g/mol. The Morgan fingerprint density at radius 3 is 2.45 bits per heavy atom. The Balaban J connectivity index is 2.39. The SMILES string of the molecule is CCC1CNC(C)(CC)CN1c1cc(F)c(F)cc1F. The lowest BCUT2D eigenvalue weighted by Crippen LogP contribution is -2.63. The van der Waals surface area contributed by atoms with Gasteiger partial charge in [-0.15, -0.1) is 0 Å². The van der Waals surface area contributed by atoms with Crippen LogP contribution in [0.1, 0.15) is 33.6 Å². The third-order valence-electron chi connectivity index (χ3n) is 4.28. The maximum atomic E-state index is 14.0. The Kier molecular flexibility index (Phi) is 4.28. The molecule has 1 aliphatic rings. The monoisotopic (exact) mass is 286 g/mol. The molecule has 2 nitrogen and oxygen atoms in total. The summed E-state index contributed by atoms with van der Waals surface area (Å²) in [5, 5.41) is 3.46. The Hall–Kier alpha value is -1.23. The molecule has 1 N–H and O–H groups in total. The van der Waals surface area contributed by atoms with E-state index in [0.717, 1.165) is 18.9 Å². The van der Waals surface area contributed by atoms with Crippen molar-refractivity contribution in [3.63, 3.8) is 0 Å². The van der Waals surface area contributed by atoms with Crippen molar-refractivity contribution in [2.45, 2.75) is 45.2 Å². The molecule has 112 valence electrons. The average molecular weight is 286 g/mol. The molecule has 20 heavy (non-hydrogen) atoms. The van der Waals surface area contributed by atoms with E-state index in [2.05, 4.69) is 19.2 Å².